The molecule has 0 aromatic heterocycles. The Hall–Kier alpha value is -1.87. The number of allylic oxidation sites excluding steroid dienone is 1. The van der Waals surface area contributed by atoms with E-state index in [0.29, 0.717) is 5.56 Å². The average Bonchev–Trinajstić information content (AvgIpc) is 2.46. The van der Waals surface area contributed by atoms with E-state index in [0.717, 1.165) is 15.7 Å². The molecule has 0 atom stereocenters. The zero-order valence-electron chi connectivity index (χ0n) is 11.5. The topological polar surface area (TPSA) is 20.3 Å². The standard InChI is InChI=1S/C17H16BrNO/c1-19(2)16-10-3-13(4-11-16)5-12-17(20)14-6-8-15(18)9-7-14/h3-12H,1-2H3. The molecule has 0 spiro atoms. The van der Waals surface area contributed by atoms with Crippen LogP contribution in [0, 0.1) is 0 Å². The Morgan fingerprint density at radius 2 is 1.60 bits per heavy atom. The Bertz CT molecular complexity index is 612. The molecule has 0 aliphatic carbocycles. The van der Waals surface area contributed by atoms with Crippen molar-refractivity contribution in [1.82, 2.24) is 0 Å². The summed E-state index contributed by atoms with van der Waals surface area (Å²) in [7, 11) is 4.00. The van der Waals surface area contributed by atoms with Crippen molar-refractivity contribution >= 4 is 33.5 Å². The van der Waals surface area contributed by atoms with Crippen molar-refractivity contribution in [1.29, 1.82) is 0 Å². The maximum Gasteiger partial charge on any atom is 0.185 e. The first-order valence-corrected chi connectivity index (χ1v) is 7.11. The molecule has 0 bridgehead atoms. The number of halogens is 1. The fourth-order valence-corrected chi connectivity index (χ4v) is 2.03. The molecule has 0 saturated carbocycles. The van der Waals surface area contributed by atoms with E-state index in [-0.39, 0.29) is 5.78 Å². The number of ketones is 1. The fraction of sp³-hybridized carbons (Fsp3) is 0.118. The van der Waals surface area contributed by atoms with Crippen molar-refractivity contribution < 1.29 is 4.79 Å². The molecule has 20 heavy (non-hydrogen) atoms. The Morgan fingerprint density at radius 3 is 2.15 bits per heavy atom. The molecule has 0 N–H and O–H groups in total. The highest BCUT2D eigenvalue weighted by molar-refractivity contribution is 9.10. The van der Waals surface area contributed by atoms with Crippen LogP contribution in [0.25, 0.3) is 6.08 Å². The molecule has 0 unspecified atom stereocenters. The summed E-state index contributed by atoms with van der Waals surface area (Å²) < 4.78 is 0.970. The van der Waals surface area contributed by atoms with Gasteiger partial charge in [-0.25, -0.2) is 0 Å². The number of benzene rings is 2. The zero-order valence-corrected chi connectivity index (χ0v) is 13.1. The van der Waals surface area contributed by atoms with Gasteiger partial charge in [-0.15, -0.1) is 0 Å². The minimum atomic E-state index is 0.00851. The molecule has 0 aliphatic heterocycles. The van der Waals surface area contributed by atoms with Gasteiger partial charge in [-0.2, -0.15) is 0 Å². The summed E-state index contributed by atoms with van der Waals surface area (Å²) in [5.74, 6) is 0.00851. The van der Waals surface area contributed by atoms with Gasteiger partial charge in [-0.3, -0.25) is 4.79 Å². The summed E-state index contributed by atoms with van der Waals surface area (Å²) in [6, 6.07) is 15.4. The van der Waals surface area contributed by atoms with Gasteiger partial charge in [0, 0.05) is 29.8 Å². The second-order valence-corrected chi connectivity index (χ2v) is 5.61. The maximum atomic E-state index is 12.0. The molecule has 0 fully saturated rings. The van der Waals surface area contributed by atoms with E-state index in [4.69, 9.17) is 0 Å². The van der Waals surface area contributed by atoms with Crippen LogP contribution in [-0.2, 0) is 0 Å². The molecule has 0 radical (unpaired) electrons. The summed E-state index contributed by atoms with van der Waals surface area (Å²) in [6.07, 6.45) is 3.44. The van der Waals surface area contributed by atoms with E-state index in [1.807, 2.05) is 73.6 Å². The van der Waals surface area contributed by atoms with Crippen molar-refractivity contribution in [3.63, 3.8) is 0 Å². The van der Waals surface area contributed by atoms with Crippen LogP contribution in [0.1, 0.15) is 15.9 Å². The third-order valence-corrected chi connectivity index (χ3v) is 3.49. The molecule has 2 aromatic rings. The highest BCUT2D eigenvalue weighted by Gasteiger charge is 2.01. The lowest BCUT2D eigenvalue weighted by atomic mass is 10.1. The third kappa shape index (κ3) is 3.81. The third-order valence-electron chi connectivity index (χ3n) is 2.97. The largest absolute Gasteiger partial charge is 0.378 e. The van der Waals surface area contributed by atoms with Crippen LogP contribution in [0.15, 0.2) is 59.1 Å². The van der Waals surface area contributed by atoms with E-state index in [9.17, 15) is 4.79 Å². The zero-order chi connectivity index (χ0) is 14.5. The first kappa shape index (κ1) is 14.5. The second kappa shape index (κ2) is 6.53. The lowest BCUT2D eigenvalue weighted by Crippen LogP contribution is -2.07. The molecule has 0 amide bonds. The number of carbonyl (C=O) groups is 1. The van der Waals surface area contributed by atoms with Crippen molar-refractivity contribution in [2.45, 2.75) is 0 Å². The molecule has 2 aromatic carbocycles. The lowest BCUT2D eigenvalue weighted by Gasteiger charge is -2.11. The number of rotatable bonds is 4. The molecule has 0 heterocycles. The van der Waals surface area contributed by atoms with E-state index >= 15 is 0 Å². The van der Waals surface area contributed by atoms with E-state index in [2.05, 4.69) is 15.9 Å². The maximum absolute atomic E-state index is 12.0. The Labute approximate surface area is 127 Å². The number of hydrogen-bond acceptors (Lipinski definition) is 2. The van der Waals surface area contributed by atoms with Crippen LogP contribution in [0.2, 0.25) is 0 Å². The van der Waals surface area contributed by atoms with E-state index < -0.39 is 0 Å². The molecule has 0 aliphatic rings. The predicted molar refractivity (Wildman–Crippen MR) is 88.3 cm³/mol. The fourth-order valence-electron chi connectivity index (χ4n) is 1.77. The SMILES string of the molecule is CN(C)c1ccc(C=CC(=O)c2ccc(Br)cc2)cc1. The molecule has 0 saturated heterocycles. The summed E-state index contributed by atoms with van der Waals surface area (Å²) in [5, 5.41) is 0. The highest BCUT2D eigenvalue weighted by atomic mass is 79.9. The smallest absolute Gasteiger partial charge is 0.185 e. The number of anilines is 1. The van der Waals surface area contributed by atoms with E-state index in [1.165, 1.54) is 0 Å². The van der Waals surface area contributed by atoms with Crippen molar-refractivity contribution in [2.24, 2.45) is 0 Å². The summed E-state index contributed by atoms with van der Waals surface area (Å²) in [6.45, 7) is 0. The molecular formula is C17H16BrNO. The van der Waals surface area contributed by atoms with Gasteiger partial charge in [0.1, 0.15) is 0 Å². The molecule has 3 heteroatoms. The summed E-state index contributed by atoms with van der Waals surface area (Å²) in [5.41, 5.74) is 2.84. The Kier molecular flexibility index (Phi) is 4.74. The van der Waals surface area contributed by atoms with Crippen molar-refractivity contribution in [2.75, 3.05) is 19.0 Å². The van der Waals surface area contributed by atoms with Crippen LogP contribution < -0.4 is 4.90 Å². The van der Waals surface area contributed by atoms with Crippen LogP contribution >= 0.6 is 15.9 Å². The quantitative estimate of drug-likeness (QED) is 0.611. The Balaban J connectivity index is 2.08. The molecule has 2 nitrogen and oxygen atoms in total. The van der Waals surface area contributed by atoms with Gasteiger partial charge in [-0.05, 0) is 48.0 Å². The minimum Gasteiger partial charge on any atom is -0.378 e. The second-order valence-electron chi connectivity index (χ2n) is 4.69. The summed E-state index contributed by atoms with van der Waals surface area (Å²) in [4.78, 5) is 14.0. The minimum absolute atomic E-state index is 0.00851. The lowest BCUT2D eigenvalue weighted by molar-refractivity contribution is 0.104. The number of nitrogens with zero attached hydrogens (tertiary/aromatic N) is 1. The van der Waals surface area contributed by atoms with Gasteiger partial charge in [0.2, 0.25) is 0 Å². The van der Waals surface area contributed by atoms with Crippen LogP contribution in [-0.4, -0.2) is 19.9 Å². The highest BCUT2D eigenvalue weighted by Crippen LogP contribution is 2.14. The van der Waals surface area contributed by atoms with Gasteiger partial charge in [0.15, 0.2) is 5.78 Å². The van der Waals surface area contributed by atoms with Gasteiger partial charge in [0.25, 0.3) is 0 Å². The van der Waals surface area contributed by atoms with Gasteiger partial charge < -0.3 is 4.90 Å². The molecular weight excluding hydrogens is 314 g/mol. The van der Waals surface area contributed by atoms with Crippen molar-refractivity contribution in [3.8, 4) is 0 Å². The van der Waals surface area contributed by atoms with Crippen LogP contribution in [0.4, 0.5) is 5.69 Å². The monoisotopic (exact) mass is 329 g/mol. The molecule has 2 rings (SSSR count). The first-order chi connectivity index (χ1) is 9.56. The van der Waals surface area contributed by atoms with Crippen LogP contribution in [0.5, 0.6) is 0 Å². The predicted octanol–water partition coefficient (Wildman–Crippen LogP) is 4.41. The van der Waals surface area contributed by atoms with Gasteiger partial charge >= 0.3 is 0 Å². The first-order valence-electron chi connectivity index (χ1n) is 6.31. The Morgan fingerprint density at radius 1 is 1.00 bits per heavy atom. The van der Waals surface area contributed by atoms with E-state index in [1.54, 1.807) is 6.08 Å². The van der Waals surface area contributed by atoms with Gasteiger partial charge in [-0.1, -0.05) is 34.1 Å². The van der Waals surface area contributed by atoms with Crippen molar-refractivity contribution in [3.05, 3.63) is 70.2 Å². The number of carbonyl (C=O) groups excluding carboxylic acids is 1. The molecule has 102 valence electrons. The average molecular weight is 330 g/mol. The number of hydrogen-bond donors (Lipinski definition) is 0. The van der Waals surface area contributed by atoms with Crippen LogP contribution in [0.3, 0.4) is 0 Å². The summed E-state index contributed by atoms with van der Waals surface area (Å²) >= 11 is 3.36. The normalized spacial score (nSPS) is 10.8. The van der Waals surface area contributed by atoms with Gasteiger partial charge in [0.05, 0.1) is 0 Å².